The Hall–Kier alpha value is -1.82. The minimum absolute atomic E-state index is 0.0509. The highest BCUT2D eigenvalue weighted by Gasteiger charge is 2.21. The first-order chi connectivity index (χ1) is 9.16. The Morgan fingerprint density at radius 2 is 2.11 bits per heavy atom. The molecular formula is C13H18N2O4. The Labute approximate surface area is 111 Å². The van der Waals surface area contributed by atoms with E-state index in [1.165, 1.54) is 11.8 Å². The maximum atomic E-state index is 12.1. The van der Waals surface area contributed by atoms with Gasteiger partial charge in [0.15, 0.2) is 0 Å². The zero-order valence-electron chi connectivity index (χ0n) is 11.0. The molecule has 19 heavy (non-hydrogen) atoms. The molecule has 0 bridgehead atoms. The lowest BCUT2D eigenvalue weighted by Gasteiger charge is -2.29. The van der Waals surface area contributed by atoms with Gasteiger partial charge in [-0.15, -0.1) is 0 Å². The highest BCUT2D eigenvalue weighted by atomic mass is 16.5. The molecule has 0 aromatic carbocycles. The molecule has 1 aliphatic rings. The molecule has 1 saturated heterocycles. The Morgan fingerprint density at radius 1 is 1.37 bits per heavy atom. The Balaban J connectivity index is 1.92. The summed E-state index contributed by atoms with van der Waals surface area (Å²) >= 11 is 0. The van der Waals surface area contributed by atoms with Crippen molar-refractivity contribution in [3.63, 3.8) is 0 Å². The second kappa shape index (κ2) is 6.38. The van der Waals surface area contributed by atoms with E-state index in [0.717, 1.165) is 0 Å². The summed E-state index contributed by atoms with van der Waals surface area (Å²) in [5.41, 5.74) is 0. The highest BCUT2D eigenvalue weighted by Crippen LogP contribution is 2.07. The van der Waals surface area contributed by atoms with E-state index in [9.17, 15) is 9.59 Å². The van der Waals surface area contributed by atoms with Crippen LogP contribution in [0.25, 0.3) is 0 Å². The summed E-state index contributed by atoms with van der Waals surface area (Å²) in [5.74, 6) is 0.480. The van der Waals surface area contributed by atoms with E-state index in [1.54, 1.807) is 23.3 Å². The number of rotatable bonds is 4. The van der Waals surface area contributed by atoms with Crippen LogP contribution in [0.4, 0.5) is 0 Å². The molecule has 1 aromatic heterocycles. The van der Waals surface area contributed by atoms with Crippen LogP contribution in [0.15, 0.2) is 22.8 Å². The van der Waals surface area contributed by atoms with Gasteiger partial charge in [-0.25, -0.2) is 0 Å². The third kappa shape index (κ3) is 3.82. The minimum Gasteiger partial charge on any atom is -0.467 e. The van der Waals surface area contributed by atoms with Crippen molar-refractivity contribution in [2.45, 2.75) is 13.5 Å². The van der Waals surface area contributed by atoms with Gasteiger partial charge < -0.3 is 19.0 Å². The van der Waals surface area contributed by atoms with Crippen molar-refractivity contribution < 1.29 is 18.7 Å². The van der Waals surface area contributed by atoms with Crippen LogP contribution >= 0.6 is 0 Å². The Kier molecular flexibility index (Phi) is 4.57. The van der Waals surface area contributed by atoms with Crippen LogP contribution in [0, 0.1) is 0 Å². The molecule has 0 spiro atoms. The van der Waals surface area contributed by atoms with Gasteiger partial charge in [-0.1, -0.05) is 0 Å². The fraction of sp³-hybridized carbons (Fsp3) is 0.538. The van der Waals surface area contributed by atoms with E-state index in [4.69, 9.17) is 9.15 Å². The molecule has 2 amide bonds. The largest absolute Gasteiger partial charge is 0.467 e. The summed E-state index contributed by atoms with van der Waals surface area (Å²) in [7, 11) is 0. The van der Waals surface area contributed by atoms with E-state index in [2.05, 4.69) is 0 Å². The number of nitrogens with zero attached hydrogens (tertiary/aromatic N) is 2. The summed E-state index contributed by atoms with van der Waals surface area (Å²) in [6.07, 6.45) is 1.55. The maximum absolute atomic E-state index is 12.1. The van der Waals surface area contributed by atoms with Crippen molar-refractivity contribution in [2.24, 2.45) is 0 Å². The summed E-state index contributed by atoms with van der Waals surface area (Å²) in [4.78, 5) is 26.9. The third-order valence-corrected chi connectivity index (χ3v) is 3.06. The third-order valence-electron chi connectivity index (χ3n) is 3.06. The molecule has 0 radical (unpaired) electrons. The fourth-order valence-corrected chi connectivity index (χ4v) is 1.95. The van der Waals surface area contributed by atoms with Crippen LogP contribution in [0.3, 0.4) is 0 Å². The smallest absolute Gasteiger partial charge is 0.242 e. The van der Waals surface area contributed by atoms with Crippen molar-refractivity contribution in [1.82, 2.24) is 9.80 Å². The van der Waals surface area contributed by atoms with E-state index >= 15 is 0 Å². The molecular weight excluding hydrogens is 248 g/mol. The molecule has 2 rings (SSSR count). The molecule has 0 unspecified atom stereocenters. The SMILES string of the molecule is CC(=O)N(CC(=O)N1CCOCC1)Cc1ccco1. The average Bonchev–Trinajstić information content (AvgIpc) is 2.91. The number of hydrogen-bond acceptors (Lipinski definition) is 4. The normalized spacial score (nSPS) is 15.3. The molecule has 0 saturated carbocycles. The molecule has 0 N–H and O–H groups in total. The van der Waals surface area contributed by atoms with Gasteiger partial charge in [0.25, 0.3) is 0 Å². The van der Waals surface area contributed by atoms with Gasteiger partial charge in [0.1, 0.15) is 12.3 Å². The van der Waals surface area contributed by atoms with Crippen LogP contribution < -0.4 is 0 Å². The molecule has 104 valence electrons. The Morgan fingerprint density at radius 3 is 2.68 bits per heavy atom. The van der Waals surface area contributed by atoms with Crippen LogP contribution in [0.5, 0.6) is 0 Å². The average molecular weight is 266 g/mol. The van der Waals surface area contributed by atoms with Gasteiger partial charge in [-0.2, -0.15) is 0 Å². The fourth-order valence-electron chi connectivity index (χ4n) is 1.95. The number of hydrogen-bond donors (Lipinski definition) is 0. The molecule has 6 nitrogen and oxygen atoms in total. The van der Waals surface area contributed by atoms with Crippen molar-refractivity contribution in [1.29, 1.82) is 0 Å². The van der Waals surface area contributed by atoms with E-state index < -0.39 is 0 Å². The lowest BCUT2D eigenvalue weighted by atomic mass is 10.3. The molecule has 1 aliphatic heterocycles. The predicted octanol–water partition coefficient (Wildman–Crippen LogP) is 0.487. The van der Waals surface area contributed by atoms with Crippen LogP contribution in [0.1, 0.15) is 12.7 Å². The van der Waals surface area contributed by atoms with E-state index in [0.29, 0.717) is 38.6 Å². The van der Waals surface area contributed by atoms with Gasteiger partial charge in [-0.05, 0) is 12.1 Å². The Bertz CT molecular complexity index is 424. The standard InChI is InChI=1S/C13H18N2O4/c1-11(16)15(9-12-3-2-6-19-12)10-13(17)14-4-7-18-8-5-14/h2-3,6H,4-5,7-10H2,1H3. The first-order valence-electron chi connectivity index (χ1n) is 6.30. The van der Waals surface area contributed by atoms with Crippen molar-refractivity contribution in [2.75, 3.05) is 32.8 Å². The number of morpholine rings is 1. The highest BCUT2D eigenvalue weighted by molar-refractivity contribution is 5.83. The van der Waals surface area contributed by atoms with Gasteiger partial charge >= 0.3 is 0 Å². The van der Waals surface area contributed by atoms with E-state index in [1.807, 2.05) is 0 Å². The first kappa shape index (κ1) is 13.6. The molecule has 1 aromatic rings. The summed E-state index contributed by atoms with van der Waals surface area (Å²) < 4.78 is 10.4. The monoisotopic (exact) mass is 266 g/mol. The molecule has 0 aliphatic carbocycles. The van der Waals surface area contributed by atoms with E-state index in [-0.39, 0.29) is 18.4 Å². The molecule has 2 heterocycles. The summed E-state index contributed by atoms with van der Waals surface area (Å²) in [6, 6.07) is 3.55. The van der Waals surface area contributed by atoms with Crippen LogP contribution in [-0.2, 0) is 20.9 Å². The quantitative estimate of drug-likeness (QED) is 0.795. The summed E-state index contributed by atoms with van der Waals surface area (Å²) in [5, 5.41) is 0. The summed E-state index contributed by atoms with van der Waals surface area (Å²) in [6.45, 7) is 4.15. The second-order valence-electron chi connectivity index (χ2n) is 4.45. The van der Waals surface area contributed by atoms with Crippen molar-refractivity contribution >= 4 is 11.8 Å². The number of ether oxygens (including phenoxy) is 1. The maximum Gasteiger partial charge on any atom is 0.242 e. The van der Waals surface area contributed by atoms with Gasteiger partial charge in [0.2, 0.25) is 11.8 Å². The van der Waals surface area contributed by atoms with Gasteiger partial charge in [0, 0.05) is 20.0 Å². The zero-order valence-corrected chi connectivity index (χ0v) is 11.0. The van der Waals surface area contributed by atoms with Crippen molar-refractivity contribution in [3.8, 4) is 0 Å². The molecule has 1 fully saturated rings. The van der Waals surface area contributed by atoms with Gasteiger partial charge in [0.05, 0.1) is 26.0 Å². The lowest BCUT2D eigenvalue weighted by Crippen LogP contribution is -2.46. The zero-order chi connectivity index (χ0) is 13.7. The topological polar surface area (TPSA) is 63.0 Å². The predicted molar refractivity (Wildman–Crippen MR) is 67.2 cm³/mol. The minimum atomic E-state index is -0.141. The van der Waals surface area contributed by atoms with Crippen LogP contribution in [0.2, 0.25) is 0 Å². The van der Waals surface area contributed by atoms with Crippen LogP contribution in [-0.4, -0.2) is 54.5 Å². The van der Waals surface area contributed by atoms with Gasteiger partial charge in [-0.3, -0.25) is 9.59 Å². The lowest BCUT2D eigenvalue weighted by molar-refractivity contribution is -0.142. The number of carbonyl (C=O) groups excluding carboxylic acids is 2. The molecule has 0 atom stereocenters. The van der Waals surface area contributed by atoms with Crippen molar-refractivity contribution in [3.05, 3.63) is 24.2 Å². The first-order valence-corrected chi connectivity index (χ1v) is 6.30. The molecule has 6 heteroatoms. The number of furan rings is 1. The second-order valence-corrected chi connectivity index (χ2v) is 4.45. The number of amides is 2. The number of carbonyl (C=O) groups is 2.